The van der Waals surface area contributed by atoms with Crippen LogP contribution >= 0.6 is 0 Å². The number of imidazole rings is 1. The fraction of sp³-hybridized carbons (Fsp3) is 0.290. The molecule has 0 radical (unpaired) electrons. The fourth-order valence-corrected chi connectivity index (χ4v) is 5.40. The summed E-state index contributed by atoms with van der Waals surface area (Å²) < 4.78 is 7.56. The Morgan fingerprint density at radius 2 is 1.77 bits per heavy atom. The number of ether oxygens (including phenoxy) is 1. The summed E-state index contributed by atoms with van der Waals surface area (Å²) in [7, 11) is 0. The standard InChI is InChI=1S/C31H31N5O3/c1-19(37)25-26(20-12-14-21(15-13-20)31(16-8-17-31)35-29(38)39-30(2,3)4)36-24-11-7-18-32-27(24)33-23-10-6-5-9-22(23)28(36)34-25/h5-7,9-15,18H,8,16-17H2,1-4H3,(H,32,33)(H,35,38). The van der Waals surface area contributed by atoms with Crippen LogP contribution in [-0.2, 0) is 10.3 Å². The largest absolute Gasteiger partial charge is 0.444 e. The molecule has 2 aromatic carbocycles. The molecule has 1 aliphatic heterocycles. The van der Waals surface area contributed by atoms with Gasteiger partial charge >= 0.3 is 6.09 Å². The molecule has 39 heavy (non-hydrogen) atoms. The highest BCUT2D eigenvalue weighted by Gasteiger charge is 2.41. The highest BCUT2D eigenvalue weighted by atomic mass is 16.6. The first-order valence-electron chi connectivity index (χ1n) is 13.2. The first-order chi connectivity index (χ1) is 18.7. The van der Waals surface area contributed by atoms with Crippen molar-refractivity contribution in [2.75, 3.05) is 5.32 Å². The second kappa shape index (κ2) is 9.08. The van der Waals surface area contributed by atoms with Crippen LogP contribution in [0, 0.1) is 0 Å². The lowest BCUT2D eigenvalue weighted by Gasteiger charge is -2.43. The van der Waals surface area contributed by atoms with Crippen LogP contribution in [0.1, 0.15) is 63.0 Å². The molecule has 0 saturated heterocycles. The van der Waals surface area contributed by atoms with E-state index in [4.69, 9.17) is 9.72 Å². The van der Waals surface area contributed by atoms with Crippen LogP contribution in [0.25, 0.3) is 28.3 Å². The van der Waals surface area contributed by atoms with E-state index in [2.05, 4.69) is 15.6 Å². The average molecular weight is 522 g/mol. The molecule has 8 heteroatoms. The van der Waals surface area contributed by atoms with Crippen molar-refractivity contribution in [3.8, 4) is 28.3 Å². The molecule has 4 aromatic rings. The maximum Gasteiger partial charge on any atom is 0.408 e. The summed E-state index contributed by atoms with van der Waals surface area (Å²) in [5.41, 5.74) is 4.51. The summed E-state index contributed by atoms with van der Waals surface area (Å²) >= 11 is 0. The van der Waals surface area contributed by atoms with Crippen molar-refractivity contribution in [2.45, 2.75) is 58.1 Å². The second-order valence-corrected chi connectivity index (χ2v) is 11.2. The number of anilines is 2. The van der Waals surface area contributed by atoms with Gasteiger partial charge in [0.15, 0.2) is 11.6 Å². The lowest BCUT2D eigenvalue weighted by atomic mass is 9.71. The number of fused-ring (bicyclic) bond motifs is 5. The monoisotopic (exact) mass is 521 g/mol. The van der Waals surface area contributed by atoms with Gasteiger partial charge in [-0.15, -0.1) is 0 Å². The molecule has 0 spiro atoms. The Bertz CT molecular complexity index is 1590. The van der Waals surface area contributed by atoms with Crippen molar-refractivity contribution in [3.63, 3.8) is 0 Å². The fourth-order valence-electron chi connectivity index (χ4n) is 5.40. The summed E-state index contributed by atoms with van der Waals surface area (Å²) in [5, 5.41) is 6.55. The Hall–Kier alpha value is -4.46. The van der Waals surface area contributed by atoms with Gasteiger partial charge in [-0.05, 0) is 69.9 Å². The number of carbonyl (C=O) groups is 2. The van der Waals surface area contributed by atoms with Gasteiger partial charge in [0.25, 0.3) is 0 Å². The third-order valence-corrected chi connectivity index (χ3v) is 7.32. The Morgan fingerprint density at radius 3 is 2.44 bits per heavy atom. The number of amides is 1. The van der Waals surface area contributed by atoms with Crippen molar-refractivity contribution in [3.05, 3.63) is 78.1 Å². The number of pyridine rings is 1. The molecule has 2 aromatic heterocycles. The van der Waals surface area contributed by atoms with Crippen LogP contribution < -0.4 is 10.6 Å². The maximum atomic E-state index is 12.9. The number of nitrogens with one attached hydrogen (secondary N) is 2. The van der Waals surface area contributed by atoms with Gasteiger partial charge in [0, 0.05) is 24.2 Å². The highest BCUT2D eigenvalue weighted by molar-refractivity contribution is 6.01. The minimum atomic E-state index is -0.569. The van der Waals surface area contributed by atoms with E-state index in [9.17, 15) is 9.59 Å². The molecule has 0 bridgehead atoms. The third-order valence-electron chi connectivity index (χ3n) is 7.32. The summed E-state index contributed by atoms with van der Waals surface area (Å²) in [5.74, 6) is 1.24. The normalized spacial score (nSPS) is 15.0. The lowest BCUT2D eigenvalue weighted by Crippen LogP contribution is -2.52. The topological polar surface area (TPSA) is 98.1 Å². The summed E-state index contributed by atoms with van der Waals surface area (Å²) in [6, 6.07) is 19.8. The number of para-hydroxylation sites is 1. The van der Waals surface area contributed by atoms with Crippen molar-refractivity contribution in [1.29, 1.82) is 0 Å². The number of ketones is 1. The number of hydrogen-bond donors (Lipinski definition) is 2. The number of carbonyl (C=O) groups excluding carboxylic acids is 2. The molecule has 1 fully saturated rings. The van der Waals surface area contributed by atoms with Crippen LogP contribution in [0.5, 0.6) is 0 Å². The van der Waals surface area contributed by atoms with E-state index in [1.54, 1.807) is 13.1 Å². The number of aromatic nitrogens is 3. The van der Waals surface area contributed by atoms with E-state index in [-0.39, 0.29) is 5.78 Å². The van der Waals surface area contributed by atoms with Crippen molar-refractivity contribution in [1.82, 2.24) is 19.9 Å². The van der Waals surface area contributed by atoms with Gasteiger partial charge in [-0.1, -0.05) is 36.4 Å². The van der Waals surface area contributed by atoms with Crippen molar-refractivity contribution < 1.29 is 14.3 Å². The molecule has 3 heterocycles. The quantitative estimate of drug-likeness (QED) is 0.254. The van der Waals surface area contributed by atoms with E-state index >= 15 is 0 Å². The van der Waals surface area contributed by atoms with Crippen LogP contribution in [0.4, 0.5) is 16.3 Å². The van der Waals surface area contributed by atoms with E-state index in [0.29, 0.717) is 23.0 Å². The maximum absolute atomic E-state index is 12.9. The lowest BCUT2D eigenvalue weighted by molar-refractivity contribution is 0.0377. The molecule has 2 aliphatic rings. The van der Waals surface area contributed by atoms with Gasteiger partial charge in [0.2, 0.25) is 0 Å². The highest BCUT2D eigenvalue weighted by Crippen LogP contribution is 2.44. The van der Waals surface area contributed by atoms with Crippen molar-refractivity contribution >= 4 is 23.4 Å². The average Bonchev–Trinajstić information content (AvgIpc) is 3.20. The van der Waals surface area contributed by atoms with Gasteiger partial charge in [-0.2, -0.15) is 0 Å². The van der Waals surface area contributed by atoms with Crippen LogP contribution in [0.2, 0.25) is 0 Å². The molecule has 0 unspecified atom stereocenters. The summed E-state index contributed by atoms with van der Waals surface area (Å²) in [4.78, 5) is 35.0. The Labute approximate surface area is 227 Å². The first kappa shape index (κ1) is 24.9. The number of benzene rings is 2. The first-order valence-corrected chi connectivity index (χ1v) is 13.2. The number of Topliss-reactive ketones (excluding diaryl/α,β-unsaturated/α-hetero) is 1. The molecule has 8 nitrogen and oxygen atoms in total. The van der Waals surface area contributed by atoms with Gasteiger partial charge in [-0.25, -0.2) is 14.8 Å². The van der Waals surface area contributed by atoms with Gasteiger partial charge in [-0.3, -0.25) is 9.36 Å². The zero-order valence-electron chi connectivity index (χ0n) is 22.5. The van der Waals surface area contributed by atoms with Gasteiger partial charge in [0.1, 0.15) is 17.1 Å². The molecule has 6 rings (SSSR count). The molecular formula is C31H31N5O3. The zero-order chi connectivity index (χ0) is 27.4. The smallest absolute Gasteiger partial charge is 0.408 e. The number of nitrogens with zero attached hydrogens (tertiary/aromatic N) is 3. The molecule has 0 atom stereocenters. The van der Waals surface area contributed by atoms with E-state index < -0.39 is 17.2 Å². The van der Waals surface area contributed by atoms with E-state index in [1.807, 2.05) is 86.0 Å². The Balaban J connectivity index is 1.46. The number of rotatable bonds is 4. The molecule has 1 aliphatic carbocycles. The second-order valence-electron chi connectivity index (χ2n) is 11.2. The number of alkyl carbamates (subject to hydrolysis) is 1. The predicted molar refractivity (Wildman–Crippen MR) is 150 cm³/mol. The minimum Gasteiger partial charge on any atom is -0.444 e. The predicted octanol–water partition coefficient (Wildman–Crippen LogP) is 6.76. The molecule has 1 saturated carbocycles. The van der Waals surface area contributed by atoms with Crippen LogP contribution in [0.15, 0.2) is 66.9 Å². The number of hydrogen-bond acceptors (Lipinski definition) is 6. The zero-order valence-corrected chi connectivity index (χ0v) is 22.5. The Morgan fingerprint density at radius 1 is 1.03 bits per heavy atom. The minimum absolute atomic E-state index is 0.118. The van der Waals surface area contributed by atoms with Crippen LogP contribution in [0.3, 0.4) is 0 Å². The van der Waals surface area contributed by atoms with E-state index in [0.717, 1.165) is 47.3 Å². The van der Waals surface area contributed by atoms with Crippen LogP contribution in [-0.4, -0.2) is 32.0 Å². The SMILES string of the molecule is CC(=O)c1nc2n(c1-c1ccc(C3(NC(=O)OC(C)(C)C)CCC3)cc1)-c1cccnc1Nc1ccccc1-2. The van der Waals surface area contributed by atoms with Gasteiger partial charge < -0.3 is 15.4 Å². The molecule has 1 amide bonds. The summed E-state index contributed by atoms with van der Waals surface area (Å²) in [6.07, 6.45) is 4.04. The van der Waals surface area contributed by atoms with Crippen molar-refractivity contribution in [2.24, 2.45) is 0 Å². The molecular weight excluding hydrogens is 490 g/mol. The van der Waals surface area contributed by atoms with E-state index in [1.165, 1.54) is 0 Å². The third kappa shape index (κ3) is 4.35. The Kier molecular flexibility index (Phi) is 5.79. The molecule has 2 N–H and O–H groups in total. The summed E-state index contributed by atoms with van der Waals surface area (Å²) in [6.45, 7) is 7.12. The molecule has 198 valence electrons. The van der Waals surface area contributed by atoms with Gasteiger partial charge in [0.05, 0.1) is 22.6 Å².